The summed E-state index contributed by atoms with van der Waals surface area (Å²) in [5.41, 5.74) is 0. The van der Waals surface area contributed by atoms with E-state index in [1.54, 1.807) is 4.90 Å². The number of nitrogens with zero attached hydrogens (tertiary/aromatic N) is 3. The molecular weight excluding hydrogens is 256 g/mol. The van der Waals surface area contributed by atoms with Crippen molar-refractivity contribution in [2.24, 2.45) is 7.05 Å². The number of rotatable bonds is 4. The van der Waals surface area contributed by atoms with E-state index in [0.717, 1.165) is 31.8 Å². The minimum atomic E-state index is -0.192. The zero-order valence-electron chi connectivity index (χ0n) is 12.5. The average molecular weight is 280 g/mol. The van der Waals surface area contributed by atoms with E-state index in [1.807, 2.05) is 30.9 Å². The number of carbonyl (C=O) groups is 1. The molecule has 1 atom stereocenters. The molecule has 1 aromatic rings. The third kappa shape index (κ3) is 3.50. The summed E-state index contributed by atoms with van der Waals surface area (Å²) in [5, 5.41) is 3.59. The summed E-state index contributed by atoms with van der Waals surface area (Å²) < 4.78 is 7.06. The minimum absolute atomic E-state index is 0.192. The Balaban J connectivity index is 1.80. The van der Waals surface area contributed by atoms with Gasteiger partial charge in [0.2, 0.25) is 0 Å². The van der Waals surface area contributed by atoms with Gasteiger partial charge in [-0.05, 0) is 26.7 Å². The second-order valence-corrected chi connectivity index (χ2v) is 5.24. The molecule has 0 aliphatic carbocycles. The number of hydrogen-bond acceptors (Lipinski definition) is 4. The standard InChI is InChI=1S/C14H24N4O2/c1-4-20-14(19)18-8-5-12(6-9-18)16-11(2)13-15-7-10-17(13)3/h7,10-12,16H,4-6,8-9H2,1-3H3. The van der Waals surface area contributed by atoms with Crippen LogP contribution in [0.25, 0.3) is 0 Å². The molecule has 0 saturated carbocycles. The van der Waals surface area contributed by atoms with E-state index in [2.05, 4.69) is 17.2 Å². The number of hydrogen-bond donors (Lipinski definition) is 1. The Morgan fingerprint density at radius 2 is 2.25 bits per heavy atom. The van der Waals surface area contributed by atoms with Crippen LogP contribution in [0.4, 0.5) is 4.79 Å². The molecule has 1 aliphatic rings. The van der Waals surface area contributed by atoms with E-state index in [1.165, 1.54) is 0 Å². The number of piperidine rings is 1. The van der Waals surface area contributed by atoms with Gasteiger partial charge < -0.3 is 19.5 Å². The highest BCUT2D eigenvalue weighted by Gasteiger charge is 2.25. The molecule has 1 unspecified atom stereocenters. The number of aryl methyl sites for hydroxylation is 1. The first-order valence-corrected chi connectivity index (χ1v) is 7.26. The summed E-state index contributed by atoms with van der Waals surface area (Å²) in [6, 6.07) is 0.640. The molecule has 1 saturated heterocycles. The highest BCUT2D eigenvalue weighted by atomic mass is 16.6. The Bertz CT molecular complexity index is 438. The largest absolute Gasteiger partial charge is 0.450 e. The van der Waals surface area contributed by atoms with Crippen LogP contribution in [0.5, 0.6) is 0 Å². The Morgan fingerprint density at radius 1 is 1.55 bits per heavy atom. The van der Waals surface area contributed by atoms with Crippen molar-refractivity contribution in [1.29, 1.82) is 0 Å². The molecule has 1 aliphatic heterocycles. The van der Waals surface area contributed by atoms with Crippen LogP contribution < -0.4 is 5.32 Å². The van der Waals surface area contributed by atoms with Gasteiger partial charge in [0.15, 0.2) is 0 Å². The number of carbonyl (C=O) groups excluding carboxylic acids is 1. The number of aromatic nitrogens is 2. The lowest BCUT2D eigenvalue weighted by Crippen LogP contribution is -2.45. The van der Waals surface area contributed by atoms with Gasteiger partial charge in [-0.25, -0.2) is 9.78 Å². The van der Waals surface area contributed by atoms with Gasteiger partial charge >= 0.3 is 6.09 Å². The average Bonchev–Trinajstić information content (AvgIpc) is 2.86. The van der Waals surface area contributed by atoms with Gasteiger partial charge in [0.25, 0.3) is 0 Å². The van der Waals surface area contributed by atoms with Gasteiger partial charge in [-0.3, -0.25) is 0 Å². The molecule has 1 fully saturated rings. The zero-order chi connectivity index (χ0) is 14.5. The number of amides is 1. The molecule has 1 amide bonds. The Labute approximate surface area is 120 Å². The Hall–Kier alpha value is -1.56. The van der Waals surface area contributed by atoms with E-state index >= 15 is 0 Å². The van der Waals surface area contributed by atoms with Crippen LogP contribution in [0.1, 0.15) is 38.6 Å². The maximum atomic E-state index is 11.6. The third-order valence-corrected chi connectivity index (χ3v) is 3.75. The van der Waals surface area contributed by atoms with Gasteiger partial charge in [0, 0.05) is 38.6 Å². The van der Waals surface area contributed by atoms with Crippen LogP contribution >= 0.6 is 0 Å². The second kappa shape index (κ2) is 6.74. The molecule has 2 rings (SSSR count). The first-order valence-electron chi connectivity index (χ1n) is 7.26. The zero-order valence-corrected chi connectivity index (χ0v) is 12.5. The van der Waals surface area contributed by atoms with E-state index in [9.17, 15) is 4.79 Å². The van der Waals surface area contributed by atoms with Gasteiger partial charge in [-0.1, -0.05) is 0 Å². The van der Waals surface area contributed by atoms with E-state index in [4.69, 9.17) is 4.74 Å². The summed E-state index contributed by atoms with van der Waals surface area (Å²) in [7, 11) is 2.00. The lowest BCUT2D eigenvalue weighted by atomic mass is 10.0. The van der Waals surface area contributed by atoms with Gasteiger partial charge in [0.1, 0.15) is 5.82 Å². The van der Waals surface area contributed by atoms with Crippen molar-refractivity contribution in [2.45, 2.75) is 38.8 Å². The van der Waals surface area contributed by atoms with Crippen LogP contribution in [0.15, 0.2) is 12.4 Å². The molecule has 112 valence electrons. The van der Waals surface area contributed by atoms with Crippen molar-refractivity contribution in [3.8, 4) is 0 Å². The fourth-order valence-electron chi connectivity index (χ4n) is 2.67. The van der Waals surface area contributed by atoms with E-state index in [0.29, 0.717) is 12.6 Å². The molecule has 6 nitrogen and oxygen atoms in total. The highest BCUT2D eigenvalue weighted by molar-refractivity contribution is 5.67. The summed E-state index contributed by atoms with van der Waals surface area (Å²) in [6.07, 6.45) is 5.48. The molecule has 0 aromatic carbocycles. The van der Waals surface area contributed by atoms with Crippen LogP contribution in [-0.2, 0) is 11.8 Å². The SMILES string of the molecule is CCOC(=O)N1CCC(NC(C)c2nccn2C)CC1. The van der Waals surface area contributed by atoms with E-state index < -0.39 is 0 Å². The summed E-state index contributed by atoms with van der Waals surface area (Å²) in [5.74, 6) is 1.04. The fraction of sp³-hybridized carbons (Fsp3) is 0.714. The fourth-order valence-corrected chi connectivity index (χ4v) is 2.67. The lowest BCUT2D eigenvalue weighted by Gasteiger charge is -2.33. The van der Waals surface area contributed by atoms with Crippen LogP contribution in [-0.4, -0.2) is 46.3 Å². The molecule has 2 heterocycles. The smallest absolute Gasteiger partial charge is 0.409 e. The quantitative estimate of drug-likeness (QED) is 0.912. The molecule has 20 heavy (non-hydrogen) atoms. The van der Waals surface area contributed by atoms with Crippen molar-refractivity contribution in [2.75, 3.05) is 19.7 Å². The lowest BCUT2D eigenvalue weighted by molar-refractivity contribution is 0.0942. The normalized spacial score (nSPS) is 18.1. The number of nitrogens with one attached hydrogen (secondary N) is 1. The molecule has 0 spiro atoms. The van der Waals surface area contributed by atoms with Gasteiger partial charge in [-0.2, -0.15) is 0 Å². The monoisotopic (exact) mass is 280 g/mol. The highest BCUT2D eigenvalue weighted by Crippen LogP contribution is 2.16. The van der Waals surface area contributed by atoms with Crippen molar-refractivity contribution >= 4 is 6.09 Å². The third-order valence-electron chi connectivity index (χ3n) is 3.75. The summed E-state index contributed by atoms with van der Waals surface area (Å²) >= 11 is 0. The minimum Gasteiger partial charge on any atom is -0.450 e. The Morgan fingerprint density at radius 3 is 2.80 bits per heavy atom. The predicted octanol–water partition coefficient (Wildman–Crippen LogP) is 1.69. The Kier molecular flexibility index (Phi) is 5.00. The van der Waals surface area contributed by atoms with Crippen molar-refractivity contribution in [3.05, 3.63) is 18.2 Å². The first-order chi connectivity index (χ1) is 9.61. The van der Waals surface area contributed by atoms with Crippen LogP contribution in [0, 0.1) is 0 Å². The van der Waals surface area contributed by atoms with Gasteiger partial charge in [0.05, 0.1) is 12.6 Å². The predicted molar refractivity (Wildman–Crippen MR) is 76.4 cm³/mol. The molecule has 1 aromatic heterocycles. The summed E-state index contributed by atoms with van der Waals surface area (Å²) in [4.78, 5) is 17.8. The molecule has 0 radical (unpaired) electrons. The van der Waals surface area contributed by atoms with Crippen LogP contribution in [0.3, 0.4) is 0 Å². The first kappa shape index (κ1) is 14.8. The molecule has 1 N–H and O–H groups in total. The molecule has 0 bridgehead atoms. The second-order valence-electron chi connectivity index (χ2n) is 5.24. The number of likely N-dealkylation sites (tertiary alicyclic amines) is 1. The van der Waals surface area contributed by atoms with Crippen molar-refractivity contribution < 1.29 is 9.53 Å². The maximum Gasteiger partial charge on any atom is 0.409 e. The van der Waals surface area contributed by atoms with Crippen LogP contribution in [0.2, 0.25) is 0 Å². The number of imidazole rings is 1. The van der Waals surface area contributed by atoms with Crippen molar-refractivity contribution in [3.63, 3.8) is 0 Å². The van der Waals surface area contributed by atoms with E-state index in [-0.39, 0.29) is 12.1 Å². The topological polar surface area (TPSA) is 59.4 Å². The number of ether oxygens (including phenoxy) is 1. The van der Waals surface area contributed by atoms with Gasteiger partial charge in [-0.15, -0.1) is 0 Å². The van der Waals surface area contributed by atoms with Crippen molar-refractivity contribution in [1.82, 2.24) is 19.8 Å². The molecule has 6 heteroatoms. The molecular formula is C14H24N4O2. The maximum absolute atomic E-state index is 11.6. The summed E-state index contributed by atoms with van der Waals surface area (Å²) in [6.45, 7) is 5.90.